The van der Waals surface area contributed by atoms with Crippen LogP contribution in [0.5, 0.6) is 0 Å². The lowest BCUT2D eigenvalue weighted by Crippen LogP contribution is -2.49. The summed E-state index contributed by atoms with van der Waals surface area (Å²) in [7, 11) is 0. The summed E-state index contributed by atoms with van der Waals surface area (Å²) in [5.41, 5.74) is 0.132. The molecule has 1 aromatic rings. The van der Waals surface area contributed by atoms with Crippen molar-refractivity contribution in [3.63, 3.8) is 0 Å². The van der Waals surface area contributed by atoms with Crippen LogP contribution in [0.15, 0.2) is 12.3 Å². The van der Waals surface area contributed by atoms with E-state index in [4.69, 9.17) is 5.11 Å². The molecule has 0 spiro atoms. The highest BCUT2D eigenvalue weighted by atomic mass is 19.4. The summed E-state index contributed by atoms with van der Waals surface area (Å²) in [4.78, 5) is 6.79. The second-order valence-corrected chi connectivity index (χ2v) is 4.64. The van der Waals surface area contributed by atoms with Gasteiger partial charge in [-0.15, -0.1) is 0 Å². The van der Waals surface area contributed by atoms with Gasteiger partial charge in [-0.2, -0.15) is 13.2 Å². The zero-order valence-corrected chi connectivity index (χ0v) is 10.7. The predicted octanol–water partition coefficient (Wildman–Crippen LogP) is 1.40. The van der Waals surface area contributed by atoms with Crippen LogP contribution in [-0.2, 0) is 6.61 Å². The SMILES string of the molecule is OCc1ccnc(N2CCN(CC(F)(F)F)CC2)c1F. The number of aliphatic hydroxyl groups excluding tert-OH is 1. The largest absolute Gasteiger partial charge is 0.401 e. The molecule has 1 aliphatic heterocycles. The first-order valence-electron chi connectivity index (χ1n) is 6.19. The Bertz CT molecular complexity index is 459. The van der Waals surface area contributed by atoms with Gasteiger partial charge < -0.3 is 10.0 Å². The van der Waals surface area contributed by atoms with Crippen molar-refractivity contribution in [3.8, 4) is 0 Å². The monoisotopic (exact) mass is 293 g/mol. The van der Waals surface area contributed by atoms with Gasteiger partial charge in [0.2, 0.25) is 0 Å². The molecule has 0 saturated carbocycles. The van der Waals surface area contributed by atoms with E-state index in [1.54, 1.807) is 4.90 Å². The maximum absolute atomic E-state index is 14.0. The second-order valence-electron chi connectivity index (χ2n) is 4.64. The Kier molecular flexibility index (Phi) is 4.44. The Morgan fingerprint density at radius 3 is 2.40 bits per heavy atom. The minimum Gasteiger partial charge on any atom is -0.392 e. The normalized spacial score (nSPS) is 17.6. The van der Waals surface area contributed by atoms with Crippen molar-refractivity contribution >= 4 is 5.82 Å². The Morgan fingerprint density at radius 1 is 1.20 bits per heavy atom. The number of aromatic nitrogens is 1. The minimum absolute atomic E-state index is 0.0863. The quantitative estimate of drug-likeness (QED) is 0.855. The number of anilines is 1. The fourth-order valence-corrected chi connectivity index (χ4v) is 2.19. The Morgan fingerprint density at radius 2 is 1.85 bits per heavy atom. The van der Waals surface area contributed by atoms with Crippen molar-refractivity contribution < 1.29 is 22.7 Å². The van der Waals surface area contributed by atoms with Gasteiger partial charge in [0.1, 0.15) is 0 Å². The van der Waals surface area contributed by atoms with Crippen LogP contribution in [0.2, 0.25) is 0 Å². The maximum atomic E-state index is 14.0. The van der Waals surface area contributed by atoms with E-state index < -0.39 is 25.1 Å². The van der Waals surface area contributed by atoms with E-state index in [1.807, 2.05) is 0 Å². The van der Waals surface area contributed by atoms with Gasteiger partial charge in [0, 0.05) is 37.9 Å². The van der Waals surface area contributed by atoms with Gasteiger partial charge in [-0.3, -0.25) is 4.90 Å². The van der Waals surface area contributed by atoms with Crippen LogP contribution in [0.1, 0.15) is 5.56 Å². The molecule has 8 heteroatoms. The molecule has 0 aromatic carbocycles. The molecule has 1 aromatic heterocycles. The number of alkyl halides is 3. The summed E-state index contributed by atoms with van der Waals surface area (Å²) in [5.74, 6) is -0.525. The molecule has 2 rings (SSSR count). The molecule has 0 amide bonds. The van der Waals surface area contributed by atoms with Crippen LogP contribution < -0.4 is 4.90 Å². The number of rotatable bonds is 3. The number of piperazine rings is 1. The number of aliphatic hydroxyl groups is 1. The molecule has 1 saturated heterocycles. The molecule has 1 N–H and O–H groups in total. The van der Waals surface area contributed by atoms with E-state index >= 15 is 0 Å². The molecular formula is C12H15F4N3O. The number of hydrogen-bond donors (Lipinski definition) is 1. The van der Waals surface area contributed by atoms with Crippen LogP contribution >= 0.6 is 0 Å². The Labute approximate surface area is 113 Å². The number of hydrogen-bond acceptors (Lipinski definition) is 4. The van der Waals surface area contributed by atoms with Gasteiger partial charge in [-0.25, -0.2) is 9.37 Å². The summed E-state index contributed by atoms with van der Waals surface area (Å²) in [6.45, 7) is -0.444. The van der Waals surface area contributed by atoms with Gasteiger partial charge in [-0.1, -0.05) is 0 Å². The highest BCUT2D eigenvalue weighted by molar-refractivity contribution is 5.43. The third-order valence-electron chi connectivity index (χ3n) is 3.20. The summed E-state index contributed by atoms with van der Waals surface area (Å²) in [6, 6.07) is 1.37. The van der Waals surface area contributed by atoms with E-state index in [0.29, 0.717) is 0 Å². The fourth-order valence-electron chi connectivity index (χ4n) is 2.19. The van der Waals surface area contributed by atoms with E-state index in [-0.39, 0.29) is 37.6 Å². The topological polar surface area (TPSA) is 39.6 Å². The van der Waals surface area contributed by atoms with Crippen LogP contribution in [0.4, 0.5) is 23.4 Å². The first-order chi connectivity index (χ1) is 9.40. The van der Waals surface area contributed by atoms with Crippen molar-refractivity contribution in [2.24, 2.45) is 0 Å². The third-order valence-corrected chi connectivity index (χ3v) is 3.20. The molecule has 1 fully saturated rings. The zero-order valence-electron chi connectivity index (χ0n) is 10.7. The second kappa shape index (κ2) is 5.92. The van der Waals surface area contributed by atoms with Gasteiger partial charge >= 0.3 is 6.18 Å². The first kappa shape index (κ1) is 15.0. The van der Waals surface area contributed by atoms with E-state index in [1.165, 1.54) is 17.2 Å². The lowest BCUT2D eigenvalue weighted by molar-refractivity contribution is -0.146. The highest BCUT2D eigenvalue weighted by Crippen LogP contribution is 2.22. The molecule has 0 atom stereocenters. The molecule has 2 heterocycles. The van der Waals surface area contributed by atoms with Crippen LogP contribution in [0.3, 0.4) is 0 Å². The van der Waals surface area contributed by atoms with Crippen molar-refractivity contribution in [1.82, 2.24) is 9.88 Å². The van der Waals surface area contributed by atoms with Gasteiger partial charge in [0.25, 0.3) is 0 Å². The Hall–Kier alpha value is -1.41. The minimum atomic E-state index is -4.22. The molecule has 4 nitrogen and oxygen atoms in total. The summed E-state index contributed by atoms with van der Waals surface area (Å²) in [5, 5.41) is 8.99. The summed E-state index contributed by atoms with van der Waals surface area (Å²) in [6.07, 6.45) is -2.84. The summed E-state index contributed by atoms with van der Waals surface area (Å²) < 4.78 is 50.8. The summed E-state index contributed by atoms with van der Waals surface area (Å²) >= 11 is 0. The molecule has 0 unspecified atom stereocenters. The predicted molar refractivity (Wildman–Crippen MR) is 64.8 cm³/mol. The van der Waals surface area contributed by atoms with Crippen molar-refractivity contribution in [2.75, 3.05) is 37.6 Å². The van der Waals surface area contributed by atoms with Crippen molar-refractivity contribution in [1.29, 1.82) is 0 Å². The molecule has 0 aliphatic carbocycles. The molecule has 1 aliphatic rings. The van der Waals surface area contributed by atoms with Gasteiger partial charge in [0.15, 0.2) is 11.6 Å². The average Bonchev–Trinajstić information content (AvgIpc) is 2.38. The number of halogens is 4. The van der Waals surface area contributed by atoms with E-state index in [9.17, 15) is 17.6 Å². The maximum Gasteiger partial charge on any atom is 0.401 e. The average molecular weight is 293 g/mol. The third kappa shape index (κ3) is 3.57. The van der Waals surface area contributed by atoms with Gasteiger partial charge in [-0.05, 0) is 6.07 Å². The highest BCUT2D eigenvalue weighted by Gasteiger charge is 2.32. The van der Waals surface area contributed by atoms with E-state index in [2.05, 4.69) is 4.98 Å². The molecular weight excluding hydrogens is 278 g/mol. The smallest absolute Gasteiger partial charge is 0.392 e. The number of nitrogens with zero attached hydrogens (tertiary/aromatic N) is 3. The van der Waals surface area contributed by atoms with E-state index in [0.717, 1.165) is 0 Å². The standard InChI is InChI=1S/C12H15F4N3O/c13-10-9(7-20)1-2-17-11(10)19-5-3-18(4-6-19)8-12(14,15)16/h1-2,20H,3-8H2. The lowest BCUT2D eigenvalue weighted by atomic mass is 10.2. The van der Waals surface area contributed by atoms with Crippen LogP contribution in [0, 0.1) is 5.82 Å². The zero-order chi connectivity index (χ0) is 14.8. The van der Waals surface area contributed by atoms with Crippen molar-refractivity contribution in [3.05, 3.63) is 23.6 Å². The van der Waals surface area contributed by atoms with Crippen LogP contribution in [-0.4, -0.2) is 53.9 Å². The van der Waals surface area contributed by atoms with Crippen LogP contribution in [0.25, 0.3) is 0 Å². The fraction of sp³-hybridized carbons (Fsp3) is 0.583. The Balaban J connectivity index is 2.01. The molecule has 20 heavy (non-hydrogen) atoms. The molecule has 0 radical (unpaired) electrons. The lowest BCUT2D eigenvalue weighted by Gasteiger charge is -2.35. The molecule has 112 valence electrons. The molecule has 0 bridgehead atoms. The number of pyridine rings is 1. The first-order valence-corrected chi connectivity index (χ1v) is 6.19. The van der Waals surface area contributed by atoms with Gasteiger partial charge in [0.05, 0.1) is 13.2 Å². The van der Waals surface area contributed by atoms with Crippen molar-refractivity contribution in [2.45, 2.75) is 12.8 Å².